The van der Waals surface area contributed by atoms with E-state index in [1.807, 2.05) is 11.7 Å². The summed E-state index contributed by atoms with van der Waals surface area (Å²) in [6.07, 6.45) is 8.31. The minimum absolute atomic E-state index is 0.775. The fourth-order valence-electron chi connectivity index (χ4n) is 1.94. The maximum Gasteiger partial charge on any atom is 0.148 e. The lowest BCUT2D eigenvalue weighted by Gasteiger charge is -2.17. The van der Waals surface area contributed by atoms with E-state index in [9.17, 15) is 0 Å². The highest BCUT2D eigenvalue weighted by atomic mass is 15.3. The topological polar surface area (TPSA) is 29.9 Å². The largest absolute Gasteiger partial charge is 0.368 e. The lowest BCUT2D eigenvalue weighted by molar-refractivity contribution is 0.503. The fraction of sp³-hybridized carbons (Fsp3) is 0.583. The molecule has 0 spiro atoms. The second-order valence-corrected chi connectivity index (χ2v) is 4.33. The highest BCUT2D eigenvalue weighted by Gasteiger charge is 2.10. The molecule has 0 saturated carbocycles. The molecule has 1 aromatic heterocycles. The minimum atomic E-state index is 0.775. The predicted octanol–water partition coefficient (Wildman–Crippen LogP) is 2.50. The third kappa shape index (κ3) is 2.61. The van der Waals surface area contributed by atoms with Gasteiger partial charge >= 0.3 is 0 Å². The Morgan fingerprint density at radius 1 is 1.53 bits per heavy atom. The van der Waals surface area contributed by atoms with Gasteiger partial charge in [0.15, 0.2) is 0 Å². The van der Waals surface area contributed by atoms with Gasteiger partial charge < -0.3 is 5.32 Å². The van der Waals surface area contributed by atoms with Crippen LogP contribution in [0.1, 0.15) is 25.0 Å². The van der Waals surface area contributed by atoms with Crippen molar-refractivity contribution in [1.29, 1.82) is 0 Å². The van der Waals surface area contributed by atoms with Crippen LogP contribution in [-0.2, 0) is 7.05 Å². The third-order valence-electron chi connectivity index (χ3n) is 3.06. The lowest BCUT2D eigenvalue weighted by atomic mass is 9.94. The van der Waals surface area contributed by atoms with Crippen LogP contribution in [0.3, 0.4) is 0 Å². The molecule has 1 aromatic rings. The number of anilines is 1. The van der Waals surface area contributed by atoms with Gasteiger partial charge in [0.25, 0.3) is 0 Å². The molecule has 0 aliphatic heterocycles. The van der Waals surface area contributed by atoms with Gasteiger partial charge in [-0.05, 0) is 32.1 Å². The first kappa shape index (κ1) is 10.3. The van der Waals surface area contributed by atoms with E-state index in [-0.39, 0.29) is 0 Å². The predicted molar refractivity (Wildman–Crippen MR) is 62.9 cm³/mol. The van der Waals surface area contributed by atoms with Gasteiger partial charge in [0, 0.05) is 25.4 Å². The zero-order valence-corrected chi connectivity index (χ0v) is 9.53. The first-order valence-corrected chi connectivity index (χ1v) is 5.65. The van der Waals surface area contributed by atoms with E-state index in [0.717, 1.165) is 18.3 Å². The second-order valence-electron chi connectivity index (χ2n) is 4.33. The van der Waals surface area contributed by atoms with Crippen molar-refractivity contribution in [2.75, 3.05) is 11.9 Å². The molecule has 1 heterocycles. The minimum Gasteiger partial charge on any atom is -0.368 e. The standard InChI is InChI=1S/C12H19N3/c1-10-8-12(14-15(10)2)13-9-11-6-4-3-5-7-11/h3-4,8,11H,5-7,9H2,1-2H3,(H,13,14). The number of hydrogen-bond donors (Lipinski definition) is 1. The quantitative estimate of drug-likeness (QED) is 0.768. The number of allylic oxidation sites excluding steroid dienone is 2. The first-order chi connectivity index (χ1) is 7.25. The van der Waals surface area contributed by atoms with E-state index in [0.29, 0.717) is 0 Å². The average Bonchev–Trinajstić information content (AvgIpc) is 2.57. The van der Waals surface area contributed by atoms with E-state index in [4.69, 9.17) is 0 Å². The van der Waals surface area contributed by atoms with E-state index in [1.54, 1.807) is 0 Å². The highest BCUT2D eigenvalue weighted by molar-refractivity contribution is 5.35. The Hall–Kier alpha value is -1.25. The average molecular weight is 205 g/mol. The number of rotatable bonds is 3. The summed E-state index contributed by atoms with van der Waals surface area (Å²) in [5.74, 6) is 1.78. The second kappa shape index (κ2) is 4.51. The molecule has 15 heavy (non-hydrogen) atoms. The Morgan fingerprint density at radius 2 is 2.40 bits per heavy atom. The summed E-state index contributed by atoms with van der Waals surface area (Å²) < 4.78 is 1.91. The van der Waals surface area contributed by atoms with Crippen molar-refractivity contribution in [3.05, 3.63) is 23.9 Å². The van der Waals surface area contributed by atoms with E-state index < -0.39 is 0 Å². The molecule has 1 unspecified atom stereocenters. The van der Waals surface area contributed by atoms with Crippen molar-refractivity contribution in [2.24, 2.45) is 13.0 Å². The van der Waals surface area contributed by atoms with Crippen LogP contribution in [0.4, 0.5) is 5.82 Å². The molecule has 1 aliphatic rings. The van der Waals surface area contributed by atoms with E-state index in [2.05, 4.69) is 35.6 Å². The summed E-state index contributed by atoms with van der Waals surface area (Å²) in [5, 5.41) is 7.79. The molecule has 2 rings (SSSR count). The van der Waals surface area contributed by atoms with Gasteiger partial charge in [-0.25, -0.2) is 0 Å². The molecule has 0 aromatic carbocycles. The monoisotopic (exact) mass is 205 g/mol. The van der Waals surface area contributed by atoms with Crippen molar-refractivity contribution >= 4 is 5.82 Å². The van der Waals surface area contributed by atoms with Crippen LogP contribution in [0.15, 0.2) is 18.2 Å². The number of hydrogen-bond acceptors (Lipinski definition) is 2. The molecule has 0 amide bonds. The Labute approximate surface area is 91.2 Å². The molecule has 0 saturated heterocycles. The summed E-state index contributed by atoms with van der Waals surface area (Å²) in [6, 6.07) is 2.10. The van der Waals surface area contributed by atoms with Gasteiger partial charge in [0.2, 0.25) is 0 Å². The molecule has 82 valence electrons. The maximum absolute atomic E-state index is 4.38. The van der Waals surface area contributed by atoms with Gasteiger partial charge in [-0.15, -0.1) is 0 Å². The molecule has 0 bridgehead atoms. The lowest BCUT2D eigenvalue weighted by Crippen LogP contribution is -2.15. The van der Waals surface area contributed by atoms with E-state index >= 15 is 0 Å². The first-order valence-electron chi connectivity index (χ1n) is 5.65. The highest BCUT2D eigenvalue weighted by Crippen LogP contribution is 2.18. The Balaban J connectivity index is 1.84. The van der Waals surface area contributed by atoms with Crippen LogP contribution >= 0.6 is 0 Å². The van der Waals surface area contributed by atoms with Crippen molar-refractivity contribution in [3.8, 4) is 0 Å². The van der Waals surface area contributed by atoms with Crippen LogP contribution in [0.25, 0.3) is 0 Å². The SMILES string of the molecule is Cc1cc(NCC2CC=CCC2)nn1C. The van der Waals surface area contributed by atoms with Crippen LogP contribution < -0.4 is 5.32 Å². The molecular formula is C12H19N3. The van der Waals surface area contributed by atoms with Crippen LogP contribution in [-0.4, -0.2) is 16.3 Å². The summed E-state index contributed by atoms with van der Waals surface area (Å²) in [7, 11) is 1.98. The van der Waals surface area contributed by atoms with Gasteiger partial charge in [-0.2, -0.15) is 5.10 Å². The van der Waals surface area contributed by atoms with Crippen molar-refractivity contribution < 1.29 is 0 Å². The van der Waals surface area contributed by atoms with Gasteiger partial charge in [-0.1, -0.05) is 12.2 Å². The van der Waals surface area contributed by atoms with E-state index in [1.165, 1.54) is 25.0 Å². The number of nitrogens with one attached hydrogen (secondary N) is 1. The maximum atomic E-state index is 4.38. The molecule has 1 N–H and O–H groups in total. The zero-order valence-electron chi connectivity index (χ0n) is 9.53. The molecule has 3 nitrogen and oxygen atoms in total. The molecule has 1 aliphatic carbocycles. The molecule has 0 radical (unpaired) electrons. The number of aromatic nitrogens is 2. The van der Waals surface area contributed by atoms with Crippen molar-refractivity contribution in [2.45, 2.75) is 26.2 Å². The molecule has 0 fully saturated rings. The van der Waals surface area contributed by atoms with Crippen LogP contribution in [0.2, 0.25) is 0 Å². The van der Waals surface area contributed by atoms with Crippen molar-refractivity contribution in [1.82, 2.24) is 9.78 Å². The normalized spacial score (nSPS) is 20.5. The van der Waals surface area contributed by atoms with Gasteiger partial charge in [0.1, 0.15) is 5.82 Å². The summed E-state index contributed by atoms with van der Waals surface area (Å²) >= 11 is 0. The van der Waals surface area contributed by atoms with Crippen LogP contribution in [0, 0.1) is 12.8 Å². The molecular weight excluding hydrogens is 186 g/mol. The number of nitrogens with zero attached hydrogens (tertiary/aromatic N) is 2. The van der Waals surface area contributed by atoms with Gasteiger partial charge in [0.05, 0.1) is 0 Å². The van der Waals surface area contributed by atoms with Crippen molar-refractivity contribution in [3.63, 3.8) is 0 Å². The van der Waals surface area contributed by atoms with Crippen LogP contribution in [0.5, 0.6) is 0 Å². The molecule has 1 atom stereocenters. The third-order valence-corrected chi connectivity index (χ3v) is 3.06. The Kier molecular flexibility index (Phi) is 3.09. The zero-order chi connectivity index (χ0) is 10.7. The molecule has 3 heteroatoms. The summed E-state index contributed by atoms with van der Waals surface area (Å²) in [4.78, 5) is 0. The number of aryl methyl sites for hydroxylation is 2. The summed E-state index contributed by atoms with van der Waals surface area (Å²) in [5.41, 5.74) is 1.20. The Bertz CT molecular complexity index is 332. The fourth-order valence-corrected chi connectivity index (χ4v) is 1.94. The summed E-state index contributed by atoms with van der Waals surface area (Å²) in [6.45, 7) is 3.11. The Morgan fingerprint density at radius 3 is 3.00 bits per heavy atom. The smallest absolute Gasteiger partial charge is 0.148 e. The van der Waals surface area contributed by atoms with Gasteiger partial charge in [-0.3, -0.25) is 4.68 Å².